The van der Waals surface area contributed by atoms with E-state index in [1.807, 2.05) is 18.2 Å². The molecule has 0 fully saturated rings. The Morgan fingerprint density at radius 3 is 2.69 bits per heavy atom. The van der Waals surface area contributed by atoms with Crippen molar-refractivity contribution in [1.29, 1.82) is 0 Å². The quantitative estimate of drug-likeness (QED) is 0.783. The minimum absolute atomic E-state index is 0.968. The second kappa shape index (κ2) is 5.35. The van der Waals surface area contributed by atoms with Crippen LogP contribution in [0.2, 0.25) is 0 Å². The highest BCUT2D eigenvalue weighted by atomic mass is 15.3. The largest absolute Gasteiger partial charge is 0.138 e. The third-order valence-electron chi connectivity index (χ3n) is 2.57. The molecule has 0 aliphatic carbocycles. The Balaban J connectivity index is 2.33. The fourth-order valence-corrected chi connectivity index (χ4v) is 1.68. The van der Waals surface area contributed by atoms with Crippen molar-refractivity contribution < 1.29 is 0 Å². The van der Waals surface area contributed by atoms with Gasteiger partial charge in [0.2, 0.25) is 0 Å². The molecule has 0 saturated carbocycles. The molecule has 0 unspecified atom stereocenters. The van der Waals surface area contributed by atoms with Gasteiger partial charge in [-0.25, -0.2) is 0 Å². The van der Waals surface area contributed by atoms with Crippen LogP contribution in [-0.4, -0.2) is 15.4 Å². The SMILES string of the molecule is CCCCc1nnncc1-c1ccccc1. The van der Waals surface area contributed by atoms with Crippen molar-refractivity contribution in [3.63, 3.8) is 0 Å². The van der Waals surface area contributed by atoms with Crippen LogP contribution in [0.4, 0.5) is 0 Å². The van der Waals surface area contributed by atoms with Crippen molar-refractivity contribution in [2.45, 2.75) is 26.2 Å². The van der Waals surface area contributed by atoms with E-state index in [9.17, 15) is 0 Å². The second-order valence-electron chi connectivity index (χ2n) is 3.76. The zero-order chi connectivity index (χ0) is 11.2. The Hall–Kier alpha value is -1.77. The van der Waals surface area contributed by atoms with Gasteiger partial charge in [-0.3, -0.25) is 0 Å². The number of nitrogens with zero attached hydrogens (tertiary/aromatic N) is 3. The fraction of sp³-hybridized carbons (Fsp3) is 0.308. The van der Waals surface area contributed by atoms with Gasteiger partial charge in [-0.15, -0.1) is 10.2 Å². The Bertz CT molecular complexity index is 440. The highest BCUT2D eigenvalue weighted by molar-refractivity contribution is 5.64. The highest BCUT2D eigenvalue weighted by Crippen LogP contribution is 2.21. The van der Waals surface area contributed by atoms with Gasteiger partial charge in [0.05, 0.1) is 11.9 Å². The van der Waals surface area contributed by atoms with Crippen molar-refractivity contribution >= 4 is 0 Å². The lowest BCUT2D eigenvalue weighted by atomic mass is 10.0. The van der Waals surface area contributed by atoms with E-state index in [0.29, 0.717) is 0 Å². The molecule has 2 rings (SSSR count). The van der Waals surface area contributed by atoms with Crippen LogP contribution in [0.1, 0.15) is 25.5 Å². The number of benzene rings is 1. The Morgan fingerprint density at radius 1 is 1.12 bits per heavy atom. The van der Waals surface area contributed by atoms with Crippen molar-refractivity contribution in [3.8, 4) is 11.1 Å². The molecule has 0 aliphatic heterocycles. The summed E-state index contributed by atoms with van der Waals surface area (Å²) in [6, 6.07) is 10.2. The molecule has 0 saturated heterocycles. The molecule has 0 atom stereocenters. The number of hydrogen-bond acceptors (Lipinski definition) is 3. The first-order chi connectivity index (χ1) is 7.92. The lowest BCUT2D eigenvalue weighted by Gasteiger charge is -2.05. The number of aryl methyl sites for hydroxylation is 1. The van der Waals surface area contributed by atoms with Crippen molar-refractivity contribution in [2.75, 3.05) is 0 Å². The minimum atomic E-state index is 0.968. The molecule has 16 heavy (non-hydrogen) atoms. The molecule has 3 nitrogen and oxygen atoms in total. The molecular formula is C13H15N3. The fourth-order valence-electron chi connectivity index (χ4n) is 1.68. The predicted octanol–water partition coefficient (Wildman–Crippen LogP) is 2.88. The first-order valence-electron chi connectivity index (χ1n) is 5.64. The van der Waals surface area contributed by atoms with E-state index in [-0.39, 0.29) is 0 Å². The number of rotatable bonds is 4. The first-order valence-corrected chi connectivity index (χ1v) is 5.64. The topological polar surface area (TPSA) is 38.7 Å². The maximum Gasteiger partial charge on any atom is 0.0743 e. The van der Waals surface area contributed by atoms with Crippen molar-refractivity contribution in [2.24, 2.45) is 0 Å². The van der Waals surface area contributed by atoms with Crippen molar-refractivity contribution in [1.82, 2.24) is 15.4 Å². The van der Waals surface area contributed by atoms with E-state index in [4.69, 9.17) is 0 Å². The summed E-state index contributed by atoms with van der Waals surface area (Å²) in [4.78, 5) is 0. The summed E-state index contributed by atoms with van der Waals surface area (Å²) in [6.45, 7) is 2.18. The average Bonchev–Trinajstić information content (AvgIpc) is 2.38. The lowest BCUT2D eigenvalue weighted by Crippen LogP contribution is -1.98. The number of hydrogen-bond donors (Lipinski definition) is 0. The van der Waals surface area contributed by atoms with Gasteiger partial charge >= 0.3 is 0 Å². The predicted molar refractivity (Wildman–Crippen MR) is 63.9 cm³/mol. The maximum absolute atomic E-state index is 4.13. The average molecular weight is 213 g/mol. The van der Waals surface area contributed by atoms with Crippen LogP contribution in [0.15, 0.2) is 36.5 Å². The van der Waals surface area contributed by atoms with Crippen LogP contribution in [0.3, 0.4) is 0 Å². The van der Waals surface area contributed by atoms with Crippen LogP contribution in [0.5, 0.6) is 0 Å². The van der Waals surface area contributed by atoms with E-state index >= 15 is 0 Å². The van der Waals surface area contributed by atoms with Crippen molar-refractivity contribution in [3.05, 3.63) is 42.2 Å². The van der Waals surface area contributed by atoms with Gasteiger partial charge in [-0.1, -0.05) is 43.7 Å². The third kappa shape index (κ3) is 2.42. The van der Waals surface area contributed by atoms with Gasteiger partial charge in [-0.05, 0) is 23.6 Å². The molecule has 2 aromatic rings. The van der Waals surface area contributed by atoms with E-state index in [2.05, 4.69) is 34.5 Å². The molecule has 0 bridgehead atoms. The van der Waals surface area contributed by atoms with E-state index in [1.165, 1.54) is 0 Å². The van der Waals surface area contributed by atoms with Gasteiger partial charge in [0.1, 0.15) is 0 Å². The van der Waals surface area contributed by atoms with E-state index < -0.39 is 0 Å². The van der Waals surface area contributed by atoms with Crippen LogP contribution >= 0.6 is 0 Å². The standard InChI is InChI=1S/C13H15N3/c1-2-3-9-13-12(10-14-16-15-13)11-7-5-4-6-8-11/h4-8,10H,2-3,9H2,1H3. The van der Waals surface area contributed by atoms with Crippen LogP contribution < -0.4 is 0 Å². The molecule has 0 amide bonds. The Morgan fingerprint density at radius 2 is 1.94 bits per heavy atom. The van der Waals surface area contributed by atoms with Crippen LogP contribution in [-0.2, 0) is 6.42 Å². The van der Waals surface area contributed by atoms with Crippen LogP contribution in [0.25, 0.3) is 11.1 Å². The van der Waals surface area contributed by atoms with Gasteiger partial charge < -0.3 is 0 Å². The summed E-state index contributed by atoms with van der Waals surface area (Å²) in [5.41, 5.74) is 3.31. The summed E-state index contributed by atoms with van der Waals surface area (Å²) in [7, 11) is 0. The maximum atomic E-state index is 4.13. The molecule has 3 heteroatoms. The smallest absolute Gasteiger partial charge is 0.0743 e. The number of unbranched alkanes of at least 4 members (excludes halogenated alkanes) is 1. The molecule has 0 spiro atoms. The van der Waals surface area contributed by atoms with E-state index in [1.54, 1.807) is 6.20 Å². The molecule has 1 heterocycles. The van der Waals surface area contributed by atoms with Gasteiger partial charge in [0.25, 0.3) is 0 Å². The zero-order valence-electron chi connectivity index (χ0n) is 9.43. The second-order valence-corrected chi connectivity index (χ2v) is 3.76. The molecular weight excluding hydrogens is 198 g/mol. The normalized spacial score (nSPS) is 10.3. The molecule has 1 aromatic heterocycles. The third-order valence-corrected chi connectivity index (χ3v) is 2.57. The molecule has 0 radical (unpaired) electrons. The Labute approximate surface area is 95.5 Å². The Kier molecular flexibility index (Phi) is 3.59. The van der Waals surface area contributed by atoms with Gasteiger partial charge in [0, 0.05) is 5.56 Å². The zero-order valence-corrected chi connectivity index (χ0v) is 9.43. The van der Waals surface area contributed by atoms with Gasteiger partial charge in [-0.2, -0.15) is 0 Å². The monoisotopic (exact) mass is 213 g/mol. The minimum Gasteiger partial charge on any atom is -0.138 e. The highest BCUT2D eigenvalue weighted by Gasteiger charge is 2.06. The summed E-state index contributed by atoms with van der Waals surface area (Å²) in [6.07, 6.45) is 5.07. The first kappa shape index (κ1) is 10.7. The van der Waals surface area contributed by atoms with Crippen LogP contribution in [0, 0.1) is 0 Å². The van der Waals surface area contributed by atoms with Gasteiger partial charge in [0.15, 0.2) is 0 Å². The molecule has 0 N–H and O–H groups in total. The molecule has 0 aliphatic rings. The lowest BCUT2D eigenvalue weighted by molar-refractivity contribution is 0.737. The summed E-state index contributed by atoms with van der Waals surface area (Å²) in [5, 5.41) is 11.7. The summed E-state index contributed by atoms with van der Waals surface area (Å²) >= 11 is 0. The molecule has 1 aromatic carbocycles. The summed E-state index contributed by atoms with van der Waals surface area (Å²) in [5.74, 6) is 0. The summed E-state index contributed by atoms with van der Waals surface area (Å²) < 4.78 is 0. The molecule has 82 valence electrons. The number of aromatic nitrogens is 3. The van der Waals surface area contributed by atoms with E-state index in [0.717, 1.165) is 36.1 Å².